The smallest absolute Gasteiger partial charge is 0.414 e. The molecular weight excluding hydrogens is 384 g/mol. The van der Waals surface area contributed by atoms with Crippen LogP contribution in [0.25, 0.3) is 0 Å². The predicted molar refractivity (Wildman–Crippen MR) is 89.8 cm³/mol. The predicted octanol–water partition coefficient (Wildman–Crippen LogP) is 3.13. The van der Waals surface area contributed by atoms with Crippen molar-refractivity contribution >= 4 is 39.2 Å². The Balaban J connectivity index is 0.000000413. The molecule has 0 unspecified atom stereocenters. The fourth-order valence-electron chi connectivity index (χ4n) is 1.51. The molecule has 2 rings (SSSR count). The molecule has 0 aliphatic carbocycles. The Morgan fingerprint density at radius 2 is 1.50 bits per heavy atom. The first-order valence-corrected chi connectivity index (χ1v) is 7.28. The van der Waals surface area contributed by atoms with Crippen molar-refractivity contribution in [2.24, 2.45) is 0 Å². The van der Waals surface area contributed by atoms with Gasteiger partial charge in [0, 0.05) is 28.8 Å². The molecule has 2 aromatic carbocycles. The number of carboxylic acid groups (broad SMARTS) is 2. The van der Waals surface area contributed by atoms with Gasteiger partial charge in [0.25, 0.3) is 5.69 Å². The number of hydrogen-bond acceptors (Lipinski definition) is 5. The zero-order chi connectivity index (χ0) is 18.1. The number of carbonyl (C=O) groups is 2. The molecule has 126 valence electrons. The van der Waals surface area contributed by atoms with Gasteiger partial charge in [0.05, 0.1) is 4.92 Å². The number of nitrogens with zero attached hydrogens (tertiary/aromatic N) is 1. The lowest BCUT2D eigenvalue weighted by Gasteiger charge is -2.06. The normalized spacial score (nSPS) is 9.38. The number of nitro benzene ring substituents is 1. The largest absolute Gasteiger partial charge is 0.473 e. The van der Waals surface area contributed by atoms with E-state index in [1.54, 1.807) is 12.1 Å². The van der Waals surface area contributed by atoms with E-state index in [2.05, 4.69) is 21.2 Å². The molecule has 0 aromatic heterocycles. The number of hydrogen-bond donors (Lipinski definition) is 3. The van der Waals surface area contributed by atoms with Crippen molar-refractivity contribution in [1.82, 2.24) is 0 Å². The number of nitrogens with one attached hydrogen (secondary N) is 1. The third-order valence-electron chi connectivity index (χ3n) is 2.67. The van der Waals surface area contributed by atoms with Gasteiger partial charge in [-0.1, -0.05) is 28.1 Å². The van der Waals surface area contributed by atoms with E-state index in [4.69, 9.17) is 19.8 Å². The van der Waals surface area contributed by atoms with Crippen LogP contribution in [0.1, 0.15) is 5.56 Å². The van der Waals surface area contributed by atoms with Gasteiger partial charge in [0.2, 0.25) is 0 Å². The highest BCUT2D eigenvalue weighted by atomic mass is 79.9. The van der Waals surface area contributed by atoms with Crippen LogP contribution in [-0.4, -0.2) is 27.1 Å². The Morgan fingerprint density at radius 1 is 1.00 bits per heavy atom. The van der Waals surface area contributed by atoms with E-state index in [1.165, 1.54) is 12.1 Å². The van der Waals surface area contributed by atoms with E-state index >= 15 is 0 Å². The van der Waals surface area contributed by atoms with Gasteiger partial charge in [0.1, 0.15) is 0 Å². The summed E-state index contributed by atoms with van der Waals surface area (Å²) in [5, 5.41) is 28.5. The maximum atomic E-state index is 10.5. The lowest BCUT2D eigenvalue weighted by atomic mass is 10.2. The first kappa shape index (κ1) is 19.1. The summed E-state index contributed by atoms with van der Waals surface area (Å²) in [5.74, 6) is -3.65. The number of carboxylic acids is 2. The van der Waals surface area contributed by atoms with Crippen molar-refractivity contribution in [1.29, 1.82) is 0 Å². The molecule has 0 atom stereocenters. The Bertz CT molecular complexity index is 704. The average molecular weight is 397 g/mol. The number of halogens is 1. The summed E-state index contributed by atoms with van der Waals surface area (Å²) in [6.07, 6.45) is 0. The number of benzene rings is 2. The van der Waals surface area contributed by atoms with Crippen LogP contribution in [-0.2, 0) is 16.1 Å². The summed E-state index contributed by atoms with van der Waals surface area (Å²) < 4.78 is 1.03. The molecule has 0 amide bonds. The monoisotopic (exact) mass is 396 g/mol. The molecule has 0 saturated heterocycles. The maximum absolute atomic E-state index is 10.5. The van der Waals surface area contributed by atoms with Crippen LogP contribution < -0.4 is 5.32 Å². The SMILES string of the molecule is O=C(O)C(=O)O.O=[N+]([O-])c1ccc(CNc2ccc(Br)cc2)cc1. The quantitative estimate of drug-likeness (QED) is 0.411. The summed E-state index contributed by atoms with van der Waals surface area (Å²) in [6.45, 7) is 0.639. The first-order chi connectivity index (χ1) is 11.3. The van der Waals surface area contributed by atoms with Crippen molar-refractivity contribution in [3.63, 3.8) is 0 Å². The van der Waals surface area contributed by atoms with Crippen LogP contribution in [0, 0.1) is 10.1 Å². The minimum absolute atomic E-state index is 0.113. The van der Waals surface area contributed by atoms with E-state index in [0.29, 0.717) is 6.54 Å². The van der Waals surface area contributed by atoms with Gasteiger partial charge in [-0.15, -0.1) is 0 Å². The Kier molecular flexibility index (Phi) is 7.37. The zero-order valence-corrected chi connectivity index (χ0v) is 13.8. The van der Waals surface area contributed by atoms with Gasteiger partial charge in [-0.3, -0.25) is 10.1 Å². The fourth-order valence-corrected chi connectivity index (χ4v) is 1.77. The van der Waals surface area contributed by atoms with Gasteiger partial charge in [0.15, 0.2) is 0 Å². The zero-order valence-electron chi connectivity index (χ0n) is 12.2. The van der Waals surface area contributed by atoms with Crippen molar-refractivity contribution in [2.75, 3.05) is 5.32 Å². The summed E-state index contributed by atoms with van der Waals surface area (Å²) in [6, 6.07) is 14.4. The van der Waals surface area contributed by atoms with Gasteiger partial charge in [-0.05, 0) is 29.8 Å². The van der Waals surface area contributed by atoms with Crippen LogP contribution >= 0.6 is 15.9 Å². The highest BCUT2D eigenvalue weighted by molar-refractivity contribution is 9.10. The highest BCUT2D eigenvalue weighted by Crippen LogP contribution is 2.16. The maximum Gasteiger partial charge on any atom is 0.414 e. The van der Waals surface area contributed by atoms with Crippen LogP contribution in [0.5, 0.6) is 0 Å². The Hall–Kier alpha value is -2.94. The number of aliphatic carboxylic acids is 2. The number of anilines is 1. The third-order valence-corrected chi connectivity index (χ3v) is 3.20. The van der Waals surface area contributed by atoms with Crippen LogP contribution in [0.15, 0.2) is 53.0 Å². The second kappa shape index (κ2) is 9.26. The molecule has 0 spiro atoms. The molecule has 9 heteroatoms. The molecule has 3 N–H and O–H groups in total. The summed E-state index contributed by atoms with van der Waals surface area (Å²) in [4.78, 5) is 28.3. The lowest BCUT2D eigenvalue weighted by Crippen LogP contribution is -2.09. The summed E-state index contributed by atoms with van der Waals surface area (Å²) in [7, 11) is 0. The molecule has 8 nitrogen and oxygen atoms in total. The minimum atomic E-state index is -1.82. The van der Waals surface area contributed by atoms with Crippen molar-refractivity contribution in [3.8, 4) is 0 Å². The van der Waals surface area contributed by atoms with Crippen LogP contribution in [0.4, 0.5) is 11.4 Å². The Labute approximate surface area is 145 Å². The van der Waals surface area contributed by atoms with E-state index in [-0.39, 0.29) is 5.69 Å². The topological polar surface area (TPSA) is 130 Å². The first-order valence-electron chi connectivity index (χ1n) is 6.48. The van der Waals surface area contributed by atoms with Gasteiger partial charge >= 0.3 is 11.9 Å². The second-order valence-electron chi connectivity index (χ2n) is 4.39. The molecule has 0 heterocycles. The molecule has 0 radical (unpaired) electrons. The molecular formula is C15H13BrN2O6. The van der Waals surface area contributed by atoms with Crippen molar-refractivity contribution < 1.29 is 24.7 Å². The summed E-state index contributed by atoms with van der Waals surface area (Å²) >= 11 is 3.37. The fraction of sp³-hybridized carbons (Fsp3) is 0.0667. The second-order valence-corrected chi connectivity index (χ2v) is 5.31. The minimum Gasteiger partial charge on any atom is -0.473 e. The van der Waals surface area contributed by atoms with E-state index in [9.17, 15) is 10.1 Å². The molecule has 0 bridgehead atoms. The summed E-state index contributed by atoms with van der Waals surface area (Å²) in [5.41, 5.74) is 2.13. The highest BCUT2D eigenvalue weighted by Gasteiger charge is 2.04. The van der Waals surface area contributed by atoms with Gasteiger partial charge < -0.3 is 15.5 Å². The molecule has 0 aliphatic rings. The van der Waals surface area contributed by atoms with Crippen molar-refractivity contribution in [2.45, 2.75) is 6.54 Å². The van der Waals surface area contributed by atoms with E-state index in [1.807, 2.05) is 24.3 Å². The number of nitro groups is 1. The average Bonchev–Trinajstić information content (AvgIpc) is 2.55. The molecule has 24 heavy (non-hydrogen) atoms. The number of non-ortho nitro benzene ring substituents is 1. The molecule has 0 saturated carbocycles. The molecule has 2 aromatic rings. The van der Waals surface area contributed by atoms with Gasteiger partial charge in [-0.2, -0.15) is 0 Å². The standard InChI is InChI=1S/C13H11BrN2O2.C2H2O4/c14-11-3-5-12(6-4-11)15-9-10-1-7-13(8-2-10)16(17)18;3-1(4)2(5)6/h1-8,15H,9H2;(H,3,4)(H,5,6). The molecule has 0 fully saturated rings. The number of rotatable bonds is 4. The van der Waals surface area contributed by atoms with E-state index in [0.717, 1.165) is 15.7 Å². The lowest BCUT2D eigenvalue weighted by molar-refractivity contribution is -0.384. The van der Waals surface area contributed by atoms with Gasteiger partial charge in [-0.25, -0.2) is 9.59 Å². The van der Waals surface area contributed by atoms with Crippen molar-refractivity contribution in [3.05, 3.63) is 68.7 Å². The third kappa shape index (κ3) is 6.88. The van der Waals surface area contributed by atoms with Crippen LogP contribution in [0.2, 0.25) is 0 Å². The van der Waals surface area contributed by atoms with Crippen LogP contribution in [0.3, 0.4) is 0 Å². The Morgan fingerprint density at radius 3 is 1.92 bits per heavy atom. The molecule has 0 aliphatic heterocycles. The van der Waals surface area contributed by atoms with E-state index < -0.39 is 16.9 Å².